The van der Waals surface area contributed by atoms with Gasteiger partial charge >= 0.3 is 0 Å². The lowest BCUT2D eigenvalue weighted by Crippen LogP contribution is -2.34. The fourth-order valence-corrected chi connectivity index (χ4v) is 2.33. The molecule has 0 aliphatic heterocycles. The molecule has 90 valence electrons. The molecule has 0 spiro atoms. The van der Waals surface area contributed by atoms with Gasteiger partial charge in [0.15, 0.2) is 0 Å². The molecule has 1 aromatic rings. The smallest absolute Gasteiger partial charge is 0.117 e. The summed E-state index contributed by atoms with van der Waals surface area (Å²) in [6, 6.07) is 4.68. The van der Waals surface area contributed by atoms with E-state index in [9.17, 15) is 0 Å². The van der Waals surface area contributed by atoms with Crippen molar-refractivity contribution in [1.82, 2.24) is 5.32 Å². The molecule has 0 aromatic carbocycles. The largest absolute Gasteiger partial charge is 0.465 e. The third-order valence-electron chi connectivity index (χ3n) is 3.37. The molecular weight excluding hydrogens is 202 g/mol. The lowest BCUT2D eigenvalue weighted by atomic mass is 9.93. The van der Waals surface area contributed by atoms with Crippen LogP contribution in [-0.4, -0.2) is 19.3 Å². The van der Waals surface area contributed by atoms with E-state index in [0.29, 0.717) is 12.1 Å². The van der Waals surface area contributed by atoms with Crippen molar-refractivity contribution >= 4 is 0 Å². The molecule has 1 heterocycles. The van der Waals surface area contributed by atoms with E-state index < -0.39 is 0 Å². The number of hydrogen-bond acceptors (Lipinski definition) is 3. The van der Waals surface area contributed by atoms with Crippen LogP contribution in [0.2, 0.25) is 0 Å². The van der Waals surface area contributed by atoms with Gasteiger partial charge in [-0.05, 0) is 44.7 Å². The molecule has 1 aliphatic rings. The molecule has 0 bridgehead atoms. The molecular formula is C13H21NO2. The molecule has 1 saturated carbocycles. The zero-order valence-electron chi connectivity index (χ0n) is 10.2. The maximum atomic E-state index is 5.53. The normalized spacial score (nSPS) is 25.9. The van der Waals surface area contributed by atoms with Gasteiger partial charge in [-0.15, -0.1) is 0 Å². The van der Waals surface area contributed by atoms with Crippen LogP contribution < -0.4 is 5.32 Å². The van der Waals surface area contributed by atoms with Crippen molar-refractivity contribution in [2.24, 2.45) is 0 Å². The van der Waals surface area contributed by atoms with Gasteiger partial charge in [0.1, 0.15) is 11.5 Å². The molecule has 3 heteroatoms. The molecule has 16 heavy (non-hydrogen) atoms. The van der Waals surface area contributed by atoms with Gasteiger partial charge in [0, 0.05) is 13.2 Å². The summed E-state index contributed by atoms with van der Waals surface area (Å²) in [5.41, 5.74) is 0. The first-order valence-electron chi connectivity index (χ1n) is 6.09. The highest BCUT2D eigenvalue weighted by Gasteiger charge is 2.20. The van der Waals surface area contributed by atoms with Crippen LogP contribution in [0.1, 0.15) is 37.2 Å². The van der Waals surface area contributed by atoms with Crippen LogP contribution in [0.25, 0.3) is 0 Å². The Kier molecular flexibility index (Phi) is 4.02. The van der Waals surface area contributed by atoms with Crippen molar-refractivity contribution in [3.05, 3.63) is 23.7 Å². The molecule has 0 saturated heterocycles. The second-order valence-electron chi connectivity index (χ2n) is 4.60. The quantitative estimate of drug-likeness (QED) is 0.852. The minimum absolute atomic E-state index is 0.476. The number of rotatable bonds is 4. The summed E-state index contributed by atoms with van der Waals surface area (Å²) in [5.74, 6) is 2.02. The van der Waals surface area contributed by atoms with E-state index in [-0.39, 0.29) is 0 Å². The van der Waals surface area contributed by atoms with Gasteiger partial charge in [0.2, 0.25) is 0 Å². The highest BCUT2D eigenvalue weighted by molar-refractivity contribution is 5.05. The number of furan rings is 1. The summed E-state index contributed by atoms with van der Waals surface area (Å²) in [6.45, 7) is 2.82. The SMILES string of the molecule is COC1CCC(NCc2ccc(C)o2)CC1. The highest BCUT2D eigenvalue weighted by Crippen LogP contribution is 2.21. The lowest BCUT2D eigenvalue weighted by molar-refractivity contribution is 0.0622. The first-order valence-corrected chi connectivity index (χ1v) is 6.09. The van der Waals surface area contributed by atoms with Crippen LogP contribution in [0.15, 0.2) is 16.5 Å². The van der Waals surface area contributed by atoms with Gasteiger partial charge in [0.05, 0.1) is 12.6 Å². The molecule has 0 atom stereocenters. The summed E-state index contributed by atoms with van der Waals surface area (Å²) in [6.07, 6.45) is 5.23. The number of aryl methyl sites for hydroxylation is 1. The van der Waals surface area contributed by atoms with Gasteiger partial charge in [-0.2, -0.15) is 0 Å². The second kappa shape index (κ2) is 5.51. The van der Waals surface area contributed by atoms with Crippen molar-refractivity contribution in [2.45, 2.75) is 51.3 Å². The Morgan fingerprint density at radius 1 is 1.31 bits per heavy atom. The summed E-state index contributed by atoms with van der Waals surface area (Å²) in [5, 5.41) is 3.55. The van der Waals surface area contributed by atoms with Crippen LogP contribution in [0.4, 0.5) is 0 Å². The van der Waals surface area contributed by atoms with Crippen molar-refractivity contribution in [2.75, 3.05) is 7.11 Å². The minimum atomic E-state index is 0.476. The Morgan fingerprint density at radius 3 is 2.62 bits per heavy atom. The molecule has 3 nitrogen and oxygen atoms in total. The Balaban J connectivity index is 1.71. The molecule has 1 N–H and O–H groups in total. The predicted octanol–water partition coefficient (Wildman–Crippen LogP) is 2.64. The van der Waals surface area contributed by atoms with E-state index in [1.165, 1.54) is 25.7 Å². The predicted molar refractivity (Wildman–Crippen MR) is 63.3 cm³/mol. The Hall–Kier alpha value is -0.800. The van der Waals surface area contributed by atoms with E-state index in [1.54, 1.807) is 0 Å². The molecule has 2 rings (SSSR count). The number of nitrogens with one attached hydrogen (secondary N) is 1. The number of ether oxygens (including phenoxy) is 1. The molecule has 1 aliphatic carbocycles. The van der Waals surface area contributed by atoms with E-state index >= 15 is 0 Å². The molecule has 0 amide bonds. The summed E-state index contributed by atoms with van der Waals surface area (Å²) < 4.78 is 10.9. The van der Waals surface area contributed by atoms with E-state index in [1.807, 2.05) is 26.2 Å². The first kappa shape index (κ1) is 11.7. The van der Waals surface area contributed by atoms with Crippen molar-refractivity contribution in [1.29, 1.82) is 0 Å². The van der Waals surface area contributed by atoms with Crippen LogP contribution in [0.3, 0.4) is 0 Å². The average Bonchev–Trinajstić information content (AvgIpc) is 2.73. The monoisotopic (exact) mass is 223 g/mol. The summed E-state index contributed by atoms with van der Waals surface area (Å²) >= 11 is 0. The van der Waals surface area contributed by atoms with Crippen LogP contribution in [0, 0.1) is 6.92 Å². The fraction of sp³-hybridized carbons (Fsp3) is 0.692. The molecule has 0 unspecified atom stereocenters. The molecule has 1 aromatic heterocycles. The number of methoxy groups -OCH3 is 1. The first-order chi connectivity index (χ1) is 7.78. The summed E-state index contributed by atoms with van der Waals surface area (Å²) in [7, 11) is 1.81. The highest BCUT2D eigenvalue weighted by atomic mass is 16.5. The van der Waals surface area contributed by atoms with Gasteiger partial charge in [-0.1, -0.05) is 0 Å². The maximum Gasteiger partial charge on any atom is 0.117 e. The Labute approximate surface area is 97.2 Å². The topological polar surface area (TPSA) is 34.4 Å². The van der Waals surface area contributed by atoms with Gasteiger partial charge in [-0.25, -0.2) is 0 Å². The van der Waals surface area contributed by atoms with Gasteiger partial charge in [-0.3, -0.25) is 0 Å². The molecule has 0 radical (unpaired) electrons. The van der Waals surface area contributed by atoms with Crippen LogP contribution in [0.5, 0.6) is 0 Å². The Bertz CT molecular complexity index is 313. The zero-order valence-corrected chi connectivity index (χ0v) is 10.2. The van der Waals surface area contributed by atoms with Crippen molar-refractivity contribution < 1.29 is 9.15 Å². The van der Waals surface area contributed by atoms with E-state index in [2.05, 4.69) is 5.32 Å². The molecule has 1 fully saturated rings. The third-order valence-corrected chi connectivity index (χ3v) is 3.37. The van der Waals surface area contributed by atoms with E-state index in [0.717, 1.165) is 18.1 Å². The Morgan fingerprint density at radius 2 is 2.06 bits per heavy atom. The minimum Gasteiger partial charge on any atom is -0.465 e. The lowest BCUT2D eigenvalue weighted by Gasteiger charge is -2.28. The average molecular weight is 223 g/mol. The summed E-state index contributed by atoms with van der Waals surface area (Å²) in [4.78, 5) is 0. The zero-order chi connectivity index (χ0) is 11.4. The van der Waals surface area contributed by atoms with Crippen molar-refractivity contribution in [3.63, 3.8) is 0 Å². The van der Waals surface area contributed by atoms with Crippen LogP contribution in [-0.2, 0) is 11.3 Å². The third kappa shape index (κ3) is 3.09. The van der Waals surface area contributed by atoms with Gasteiger partial charge < -0.3 is 14.5 Å². The van der Waals surface area contributed by atoms with Crippen molar-refractivity contribution in [3.8, 4) is 0 Å². The van der Waals surface area contributed by atoms with Gasteiger partial charge in [0.25, 0.3) is 0 Å². The standard InChI is InChI=1S/C13H21NO2/c1-10-3-6-13(16-10)9-14-11-4-7-12(15-2)8-5-11/h3,6,11-12,14H,4-5,7-9H2,1-2H3. The fourth-order valence-electron chi connectivity index (χ4n) is 2.33. The second-order valence-corrected chi connectivity index (χ2v) is 4.60. The maximum absolute atomic E-state index is 5.53. The van der Waals surface area contributed by atoms with E-state index in [4.69, 9.17) is 9.15 Å². The number of hydrogen-bond donors (Lipinski definition) is 1. The van der Waals surface area contributed by atoms with Crippen LogP contribution >= 0.6 is 0 Å².